The van der Waals surface area contributed by atoms with Crippen LogP contribution in [-0.2, 0) is 0 Å². The third-order valence-electron chi connectivity index (χ3n) is 9.91. The molecule has 4 aliphatic rings. The number of rotatable bonds is 8. The Labute approximate surface area is 300 Å². The Morgan fingerprint density at radius 2 is 0.942 bits per heavy atom. The molecule has 52 heavy (non-hydrogen) atoms. The van der Waals surface area contributed by atoms with E-state index in [1.165, 1.54) is 0 Å². The molecule has 262 valence electrons. The van der Waals surface area contributed by atoms with E-state index in [9.17, 15) is 10.2 Å². The Kier molecular flexibility index (Phi) is 9.21. The van der Waals surface area contributed by atoms with Gasteiger partial charge in [-0.05, 0) is 69.2 Å². The number of aliphatic hydroxyl groups is 2. The highest BCUT2D eigenvalue weighted by Crippen LogP contribution is 2.46. The third-order valence-corrected chi connectivity index (χ3v) is 9.91. The number of nitrogens with two attached hydrogens (primary N) is 2. The summed E-state index contributed by atoms with van der Waals surface area (Å²) < 4.78 is 18.1. The molecule has 0 saturated carbocycles. The van der Waals surface area contributed by atoms with Gasteiger partial charge in [-0.1, -0.05) is 36.4 Å². The molecule has 0 fully saturated rings. The van der Waals surface area contributed by atoms with Crippen molar-refractivity contribution in [2.24, 2.45) is 21.9 Å². The van der Waals surface area contributed by atoms with E-state index in [0.717, 1.165) is 81.0 Å². The van der Waals surface area contributed by atoms with Crippen LogP contribution in [0.1, 0.15) is 38.8 Å². The molecule has 10 heteroatoms. The van der Waals surface area contributed by atoms with Crippen molar-refractivity contribution in [2.75, 3.05) is 26.2 Å². The zero-order valence-electron chi connectivity index (χ0n) is 29.7. The molecule has 7 rings (SSSR count). The third kappa shape index (κ3) is 5.72. The summed E-state index contributed by atoms with van der Waals surface area (Å²) in [6.07, 6.45) is 0. The first-order valence-electron chi connectivity index (χ1n) is 17.6. The van der Waals surface area contributed by atoms with Crippen LogP contribution in [0.5, 0.6) is 0 Å². The van der Waals surface area contributed by atoms with Crippen LogP contribution in [0.4, 0.5) is 0 Å². The molecule has 0 radical (unpaired) electrons. The molecule has 0 amide bonds. The van der Waals surface area contributed by atoms with E-state index in [0.29, 0.717) is 33.8 Å². The van der Waals surface area contributed by atoms with Gasteiger partial charge in [-0.25, -0.2) is 9.15 Å². The number of hydrogen-bond donors (Lipinski definition) is 4. The van der Waals surface area contributed by atoms with E-state index >= 15 is 0 Å². The zero-order chi connectivity index (χ0) is 36.5. The Bertz CT molecular complexity index is 2440. The van der Waals surface area contributed by atoms with Crippen LogP contribution in [0.25, 0.3) is 66.8 Å². The topological polar surface area (TPSA) is 150 Å². The van der Waals surface area contributed by atoms with Crippen LogP contribution in [0.2, 0.25) is 0 Å². The van der Waals surface area contributed by atoms with Crippen molar-refractivity contribution in [2.45, 2.75) is 27.7 Å². The van der Waals surface area contributed by atoms with E-state index in [1.807, 2.05) is 42.5 Å². The van der Waals surface area contributed by atoms with Gasteiger partial charge in [0, 0.05) is 62.4 Å². The lowest BCUT2D eigenvalue weighted by Crippen LogP contribution is -2.29. The van der Waals surface area contributed by atoms with Gasteiger partial charge in [-0.3, -0.25) is 0 Å². The molecule has 3 aromatic rings. The predicted octanol–water partition coefficient (Wildman–Crippen LogP) is 6.70. The molecule has 0 unspecified atom stereocenters. The molecule has 6 N–H and O–H groups in total. The van der Waals surface area contributed by atoms with Crippen LogP contribution in [-0.4, -0.2) is 48.2 Å². The summed E-state index contributed by atoms with van der Waals surface area (Å²) >= 11 is 0. The Balaban J connectivity index is 1.72. The number of benzene rings is 5. The lowest BCUT2D eigenvalue weighted by molar-refractivity contribution is 0.550. The van der Waals surface area contributed by atoms with Crippen molar-refractivity contribution in [1.29, 1.82) is 0 Å². The van der Waals surface area contributed by atoms with Crippen molar-refractivity contribution in [3.8, 4) is 44.9 Å². The van der Waals surface area contributed by atoms with Crippen LogP contribution in [0.3, 0.4) is 0 Å². The van der Waals surface area contributed by atoms with E-state index in [4.69, 9.17) is 20.5 Å². The summed E-state index contributed by atoms with van der Waals surface area (Å²) in [6.45, 7) is 11.9. The van der Waals surface area contributed by atoms with Crippen molar-refractivity contribution < 1.29 is 19.0 Å². The maximum Gasteiger partial charge on any atom is 0.235 e. The first-order valence-corrected chi connectivity index (χ1v) is 17.6. The van der Waals surface area contributed by atoms with Gasteiger partial charge in [0.25, 0.3) is 0 Å². The van der Waals surface area contributed by atoms with E-state index in [-0.39, 0.29) is 11.8 Å². The number of hydrazone groups is 2. The van der Waals surface area contributed by atoms with Gasteiger partial charge in [0.1, 0.15) is 48.9 Å². The predicted molar refractivity (Wildman–Crippen MR) is 210 cm³/mol. The molecular formula is C42H42N6O4+2. The molecular weight excluding hydrogens is 653 g/mol. The summed E-state index contributed by atoms with van der Waals surface area (Å²) in [4.78, 5) is 0. The van der Waals surface area contributed by atoms with Crippen molar-refractivity contribution in [3.05, 3.63) is 119 Å². The van der Waals surface area contributed by atoms with Crippen LogP contribution >= 0.6 is 0 Å². The summed E-state index contributed by atoms with van der Waals surface area (Å²) in [7, 11) is 0. The molecule has 0 aromatic heterocycles. The summed E-state index contributed by atoms with van der Waals surface area (Å²) in [6, 6.07) is 31.4. The fourth-order valence-electron chi connectivity index (χ4n) is 7.33. The minimum Gasteiger partial charge on any atom is -0.492 e. The van der Waals surface area contributed by atoms with Crippen LogP contribution in [0, 0.1) is 0 Å². The Morgan fingerprint density at radius 1 is 0.538 bits per heavy atom. The van der Waals surface area contributed by atoms with Gasteiger partial charge in [-0.2, -0.15) is 0 Å². The highest BCUT2D eigenvalue weighted by atomic mass is 16.3. The second-order valence-electron chi connectivity index (χ2n) is 12.5. The maximum atomic E-state index is 10.9. The van der Waals surface area contributed by atoms with Gasteiger partial charge < -0.3 is 30.7 Å². The fraction of sp³-hybridized carbons (Fsp3) is 0.190. The summed E-state index contributed by atoms with van der Waals surface area (Å²) in [5.74, 6) is 12.0. The number of hydrogen-bond acceptors (Lipinski definition) is 6. The van der Waals surface area contributed by atoms with Gasteiger partial charge in [-0.15, -0.1) is 10.2 Å². The van der Waals surface area contributed by atoms with Crippen LogP contribution in [0.15, 0.2) is 116 Å². The second kappa shape index (κ2) is 14.1. The van der Waals surface area contributed by atoms with Gasteiger partial charge in [0.15, 0.2) is 0 Å². The van der Waals surface area contributed by atoms with Crippen molar-refractivity contribution in [1.82, 2.24) is 9.15 Å². The SMILES string of the molecule is CC[N+](CC)=c1ccc2c(-c3ccccc3/C(O)=N/N)c3cc4c(-c5ccccc5/C(O)=N/N)c5ccc(=[N+](CC)CC)cc-5oc4cc3oc-2c1. The fourth-order valence-corrected chi connectivity index (χ4v) is 7.33. The molecule has 10 nitrogen and oxygen atoms in total. The second-order valence-corrected chi connectivity index (χ2v) is 12.5. The minimum atomic E-state index is -0.283. The maximum absolute atomic E-state index is 10.9. The van der Waals surface area contributed by atoms with E-state index < -0.39 is 0 Å². The smallest absolute Gasteiger partial charge is 0.235 e. The largest absolute Gasteiger partial charge is 0.492 e. The number of nitrogens with zero attached hydrogens (tertiary/aromatic N) is 4. The monoisotopic (exact) mass is 694 g/mol. The average molecular weight is 695 g/mol. The highest BCUT2D eigenvalue weighted by Gasteiger charge is 2.26. The molecule has 2 aliphatic heterocycles. The minimum absolute atomic E-state index is 0.283. The Hall–Kier alpha value is -6.42. The first kappa shape index (κ1) is 34.0. The lowest BCUT2D eigenvalue weighted by atomic mass is 9.87. The summed E-state index contributed by atoms with van der Waals surface area (Å²) in [5, 5.41) is 32.7. The number of fused-ring (bicyclic) bond motifs is 4. The molecule has 0 spiro atoms. The van der Waals surface area contributed by atoms with Crippen molar-refractivity contribution in [3.63, 3.8) is 0 Å². The molecule has 2 aliphatic carbocycles. The first-order chi connectivity index (χ1) is 25.3. The van der Waals surface area contributed by atoms with Crippen LogP contribution < -0.4 is 31.6 Å². The zero-order valence-corrected chi connectivity index (χ0v) is 29.7. The van der Waals surface area contributed by atoms with Gasteiger partial charge in [0.05, 0.1) is 12.1 Å². The van der Waals surface area contributed by atoms with E-state index in [1.54, 1.807) is 12.1 Å². The molecule has 2 heterocycles. The lowest BCUT2D eigenvalue weighted by Gasteiger charge is -2.20. The average Bonchev–Trinajstić information content (AvgIpc) is 3.18. The van der Waals surface area contributed by atoms with E-state index in [2.05, 4.69) is 89.5 Å². The highest BCUT2D eigenvalue weighted by molar-refractivity contribution is 6.15. The molecule has 3 aromatic carbocycles. The number of aliphatic hydroxyl groups excluding tert-OH is 2. The van der Waals surface area contributed by atoms with Gasteiger partial charge in [0.2, 0.25) is 22.5 Å². The quantitative estimate of drug-likeness (QED) is 0.0347. The Morgan fingerprint density at radius 3 is 1.33 bits per heavy atom. The molecule has 0 atom stereocenters. The summed E-state index contributed by atoms with van der Waals surface area (Å²) in [5.41, 5.74) is 6.93. The normalized spacial score (nSPS) is 12.3. The van der Waals surface area contributed by atoms with Crippen molar-refractivity contribution >= 4 is 33.7 Å². The van der Waals surface area contributed by atoms with Gasteiger partial charge >= 0.3 is 0 Å². The molecule has 0 saturated heterocycles. The standard InChI is InChI=1S/C42H40N6O4/c1-5-47(6-2)25-17-19-31-35(21-25)51-37-24-38-34(23-33(37)39(31)27-13-9-11-15-29(27)41(49)45-43)40(28-14-10-12-16-30(28)42(50)46-44)32-20-18-26(22-36(32)52-38)48(7-3)8-4/h9-24,43-44,49-50H,5-8H2,1-4H3/p+2. The molecule has 0 bridgehead atoms.